The van der Waals surface area contributed by atoms with Crippen molar-refractivity contribution in [3.05, 3.63) is 0 Å². The maximum absolute atomic E-state index is 15.1. The largest absolute Gasteiger partial charge is 0.477 e. The Morgan fingerprint density at radius 3 is 0.917 bits per heavy atom. The number of aliphatic hydroxyl groups excluding tert-OH is 2. The quantitative estimate of drug-likeness (QED) is 0.0498. The van der Waals surface area contributed by atoms with Gasteiger partial charge < -0.3 is 20.1 Å². The highest BCUT2D eigenvalue weighted by atomic mass is 19.4. The molecule has 3 N–H and O–H groups in total. The fourth-order valence-corrected chi connectivity index (χ4v) is 4.40. The second-order valence-corrected chi connectivity index (χ2v) is 12.6. The smallest absolute Gasteiger partial charge is 0.460 e. The summed E-state index contributed by atoms with van der Waals surface area (Å²) in [5, 5.41) is 28.3. The van der Waals surface area contributed by atoms with Crippen molar-refractivity contribution in [1.82, 2.24) is 0 Å². The van der Waals surface area contributed by atoms with E-state index in [1.165, 1.54) is 0 Å². The van der Waals surface area contributed by atoms with Crippen LogP contribution in [0.5, 0.6) is 0 Å². The third-order valence-electron chi connectivity index (χ3n) is 8.03. The lowest BCUT2D eigenvalue weighted by atomic mass is 9.81. The number of alkyl halides is 29. The first-order valence-corrected chi connectivity index (χ1v) is 14.1. The number of esters is 1. The van der Waals surface area contributed by atoms with Gasteiger partial charge in [0.1, 0.15) is 0 Å². The molecule has 0 radical (unpaired) electrons. The van der Waals surface area contributed by atoms with Crippen LogP contribution in [0.4, 0.5) is 127 Å². The van der Waals surface area contributed by atoms with Gasteiger partial charge >= 0.3 is 95.1 Å². The van der Waals surface area contributed by atoms with E-state index in [2.05, 4.69) is 4.74 Å². The van der Waals surface area contributed by atoms with Gasteiger partial charge in [-0.3, -0.25) is 9.28 Å². The number of aliphatic hydroxyl groups is 2. The molecule has 0 aromatic heterocycles. The number of halogens is 29. The van der Waals surface area contributed by atoms with Gasteiger partial charge in [0.25, 0.3) is 0 Å². The molecule has 0 saturated carbocycles. The zero-order chi connectivity index (χ0) is 49.5. The zero-order valence-electron chi connectivity index (χ0n) is 28.1. The summed E-state index contributed by atoms with van der Waals surface area (Å²) in [7, 11) is 0.677. The van der Waals surface area contributed by atoms with Crippen LogP contribution in [0.3, 0.4) is 0 Å². The predicted octanol–water partition coefficient (Wildman–Crippen LogP) is 7.83. The van der Waals surface area contributed by atoms with Crippen LogP contribution >= 0.6 is 0 Å². The van der Waals surface area contributed by atoms with E-state index < -0.39 is 131 Å². The van der Waals surface area contributed by atoms with Crippen molar-refractivity contribution in [1.29, 1.82) is 0 Å². The summed E-state index contributed by atoms with van der Waals surface area (Å²) in [6.07, 6.45) is -15.7. The van der Waals surface area contributed by atoms with Gasteiger partial charge in [0.15, 0.2) is 12.6 Å². The molecule has 0 rings (SSSR count). The molecule has 0 aliphatic carbocycles. The number of carbonyl (C=O) groups is 2. The van der Waals surface area contributed by atoms with Crippen molar-refractivity contribution < 1.29 is 161 Å². The third-order valence-corrected chi connectivity index (χ3v) is 8.03. The highest BCUT2D eigenvalue weighted by Crippen LogP contribution is 2.69. The average molecular weight is 968 g/mol. The number of ether oxygens (including phenoxy) is 1. The Morgan fingerprint density at radius 1 is 0.483 bits per heavy atom. The van der Waals surface area contributed by atoms with E-state index in [-0.39, 0.29) is 6.92 Å². The molecule has 0 aromatic carbocycles. The van der Waals surface area contributed by atoms with Gasteiger partial charge in [-0.2, -0.15) is 127 Å². The van der Waals surface area contributed by atoms with Crippen LogP contribution in [0, 0.1) is 5.92 Å². The monoisotopic (exact) mass is 968 g/mol. The van der Waals surface area contributed by atoms with Crippen molar-refractivity contribution in [2.24, 2.45) is 5.92 Å². The Labute approximate surface area is 310 Å². The summed E-state index contributed by atoms with van der Waals surface area (Å²) < 4.78 is 405. The molecule has 0 saturated heterocycles. The van der Waals surface area contributed by atoms with E-state index in [0.717, 1.165) is 0 Å². The number of carboxylic acid groups (broad SMARTS) is 1. The van der Waals surface area contributed by atoms with E-state index in [1.54, 1.807) is 0 Å². The van der Waals surface area contributed by atoms with Crippen LogP contribution in [0.15, 0.2) is 0 Å². The summed E-state index contributed by atoms with van der Waals surface area (Å²) in [5.41, 5.74) is 0. The van der Waals surface area contributed by atoms with Crippen molar-refractivity contribution in [2.75, 3.05) is 27.2 Å². The molecule has 358 valence electrons. The van der Waals surface area contributed by atoms with Crippen LogP contribution in [-0.4, -0.2) is 154 Å². The minimum Gasteiger partial charge on any atom is -0.477 e. The minimum atomic E-state index is -10.1. The van der Waals surface area contributed by atoms with Gasteiger partial charge in [-0.15, -0.1) is 0 Å². The molecule has 3 unspecified atom stereocenters. The van der Waals surface area contributed by atoms with Gasteiger partial charge in [-0.05, 0) is 0 Å². The highest BCUT2D eigenvalue weighted by molar-refractivity contribution is 5.68. The van der Waals surface area contributed by atoms with E-state index in [0.29, 0.717) is 14.1 Å². The summed E-state index contributed by atoms with van der Waals surface area (Å²) >= 11 is 0. The number of aliphatic carboxylic acids is 1. The fraction of sp³-hybridized carbons (Fsp3) is 0.917. The van der Waals surface area contributed by atoms with E-state index in [1.807, 2.05) is 0 Å². The van der Waals surface area contributed by atoms with Gasteiger partial charge in [-0.1, -0.05) is 0 Å². The lowest BCUT2D eigenvalue weighted by Gasteiger charge is -2.47. The Morgan fingerprint density at radius 2 is 0.717 bits per heavy atom. The molecule has 0 aliphatic rings. The fourth-order valence-electron chi connectivity index (χ4n) is 4.40. The number of nitrogens with zero attached hydrogens (tertiary/aromatic N) is 1. The molecule has 0 spiro atoms. The summed E-state index contributed by atoms with van der Waals surface area (Å²) in [5.74, 6) is -133. The Bertz CT molecular complexity index is 1570. The maximum atomic E-state index is 15.1. The number of rotatable bonds is 20. The molecule has 7 nitrogen and oxygen atoms in total. The normalized spacial score (nSPS) is 17.6. The van der Waals surface area contributed by atoms with Gasteiger partial charge in [0.2, 0.25) is 6.23 Å². The molecule has 0 heterocycles. The third kappa shape index (κ3) is 7.56. The van der Waals surface area contributed by atoms with E-state index in [9.17, 15) is 138 Å². The van der Waals surface area contributed by atoms with Crippen LogP contribution in [-0.2, 0) is 14.3 Å². The molecule has 0 aromatic rings. The number of hydrogen-bond acceptors (Lipinski definition) is 5. The SMILES string of the molecule is CC(=O)OC(C(CO)C(F)(F)C(F)(F)C(F)(F)C(F)(F)C(F)(F)C(F)(F)C(F)(F)C(F)(F)C(F)(F)C(F)(F)C(F)(F)C(F)(F)C(F)(F)C(F)(F)F)C(O)[N+](C)(C)CC(=O)O. The standard InChI is InChI=1S/C24H18F29NO6/c1-6(56)60-9(10(59)54(2,3)4-8(57)58)7(5-55)11(25,26)12(27,28)13(29,30)14(31,32)15(33,34)16(35,36)17(37,38)18(39,40)19(41,42)20(43,44)21(45,46)22(47,48)23(49,50)24(51,52)53/h7,9-10,55,59H,4-5H2,1-3H3/p+1. The number of carbonyl (C=O) groups excluding carboxylic acids is 1. The van der Waals surface area contributed by atoms with Crippen molar-refractivity contribution >= 4 is 11.9 Å². The van der Waals surface area contributed by atoms with Gasteiger partial charge in [0.05, 0.1) is 26.6 Å². The van der Waals surface area contributed by atoms with Crippen molar-refractivity contribution in [3.63, 3.8) is 0 Å². The predicted molar refractivity (Wildman–Crippen MR) is 127 cm³/mol. The summed E-state index contributed by atoms with van der Waals surface area (Å²) in [6, 6.07) is 0. The Balaban J connectivity index is 7.84. The second-order valence-electron chi connectivity index (χ2n) is 12.6. The lowest BCUT2D eigenvalue weighted by Crippen LogP contribution is -2.79. The summed E-state index contributed by atoms with van der Waals surface area (Å²) in [4.78, 5) is 22.4. The molecular formula is C24H19F29NO6+. The number of hydrogen-bond donors (Lipinski definition) is 3. The van der Waals surface area contributed by atoms with Crippen molar-refractivity contribution in [2.45, 2.75) is 102 Å². The molecule has 0 bridgehead atoms. The van der Waals surface area contributed by atoms with Crippen LogP contribution in [0.2, 0.25) is 0 Å². The minimum absolute atomic E-state index is 0.0207. The molecule has 0 fully saturated rings. The zero-order valence-corrected chi connectivity index (χ0v) is 28.1. The average Bonchev–Trinajstić information content (AvgIpc) is 3.01. The van der Waals surface area contributed by atoms with E-state index >= 15 is 8.78 Å². The van der Waals surface area contributed by atoms with Crippen LogP contribution < -0.4 is 0 Å². The first kappa shape index (κ1) is 56.8. The van der Waals surface area contributed by atoms with Gasteiger partial charge in [-0.25, -0.2) is 4.79 Å². The Kier molecular flexibility index (Phi) is 14.4. The molecule has 3 atom stereocenters. The van der Waals surface area contributed by atoms with Gasteiger partial charge in [0, 0.05) is 6.92 Å². The topological polar surface area (TPSA) is 104 Å². The molecule has 36 heteroatoms. The number of likely N-dealkylation sites (N-methyl/N-ethyl adjacent to an activating group) is 1. The molecular weight excluding hydrogens is 949 g/mol. The lowest BCUT2D eigenvalue weighted by molar-refractivity contribution is -0.934. The maximum Gasteiger partial charge on any atom is 0.460 e. The molecule has 0 aliphatic heterocycles. The summed E-state index contributed by atoms with van der Waals surface area (Å²) in [6.45, 7) is -4.74. The highest BCUT2D eigenvalue weighted by Gasteiger charge is 3.01. The number of carboxylic acids is 1. The van der Waals surface area contributed by atoms with Crippen molar-refractivity contribution in [3.8, 4) is 0 Å². The number of quaternary nitrogens is 1. The van der Waals surface area contributed by atoms with Crippen LogP contribution in [0.25, 0.3) is 0 Å². The van der Waals surface area contributed by atoms with Crippen LogP contribution in [0.1, 0.15) is 6.92 Å². The second kappa shape index (κ2) is 15.3. The first-order chi connectivity index (χ1) is 25.6. The molecule has 60 heavy (non-hydrogen) atoms. The first-order valence-electron chi connectivity index (χ1n) is 14.1. The van der Waals surface area contributed by atoms with E-state index in [4.69, 9.17) is 5.11 Å². The Hall–Kier alpha value is -3.21. The molecule has 0 amide bonds.